The van der Waals surface area contributed by atoms with Crippen LogP contribution in [-0.4, -0.2) is 18.0 Å². The number of nitrogens with one attached hydrogen (secondary N) is 1. The normalized spacial score (nSPS) is 15.6. The van der Waals surface area contributed by atoms with E-state index in [1.165, 1.54) is 25.7 Å². The van der Waals surface area contributed by atoms with Crippen molar-refractivity contribution in [2.24, 2.45) is 5.92 Å². The first kappa shape index (κ1) is 12.9. The van der Waals surface area contributed by atoms with E-state index in [1.54, 1.807) is 25.4 Å². The zero-order chi connectivity index (χ0) is 12.8. The molecule has 4 nitrogen and oxygen atoms in total. The molecule has 98 valence electrons. The highest BCUT2D eigenvalue weighted by Crippen LogP contribution is 2.28. The standard InChI is InChI=1S/C14H20N2O2/c1-18-14-9-7-12(10-15-14)16-13(17)8-6-11-4-2-3-5-11/h7,9-11H,2-6,8H2,1H3,(H,16,17). The minimum atomic E-state index is 0.0777. The summed E-state index contributed by atoms with van der Waals surface area (Å²) in [4.78, 5) is 15.8. The van der Waals surface area contributed by atoms with E-state index in [4.69, 9.17) is 4.74 Å². The fourth-order valence-electron chi connectivity index (χ4n) is 2.43. The summed E-state index contributed by atoms with van der Waals surface area (Å²) in [6, 6.07) is 3.55. The van der Waals surface area contributed by atoms with Gasteiger partial charge in [0.1, 0.15) is 0 Å². The number of carbonyl (C=O) groups is 1. The number of anilines is 1. The minimum absolute atomic E-state index is 0.0777. The summed E-state index contributed by atoms with van der Waals surface area (Å²) < 4.78 is 4.97. The van der Waals surface area contributed by atoms with Gasteiger partial charge in [0.2, 0.25) is 11.8 Å². The third-order valence-corrected chi connectivity index (χ3v) is 3.48. The number of aromatic nitrogens is 1. The fourth-order valence-corrected chi connectivity index (χ4v) is 2.43. The van der Waals surface area contributed by atoms with Crippen molar-refractivity contribution in [3.05, 3.63) is 18.3 Å². The van der Waals surface area contributed by atoms with E-state index in [9.17, 15) is 4.79 Å². The van der Waals surface area contributed by atoms with Crippen LogP contribution in [0.25, 0.3) is 0 Å². The van der Waals surface area contributed by atoms with Crippen LogP contribution in [0.1, 0.15) is 38.5 Å². The van der Waals surface area contributed by atoms with E-state index in [2.05, 4.69) is 10.3 Å². The van der Waals surface area contributed by atoms with Gasteiger partial charge in [-0.2, -0.15) is 0 Å². The maximum atomic E-state index is 11.8. The lowest BCUT2D eigenvalue weighted by Crippen LogP contribution is -2.12. The number of rotatable bonds is 5. The Morgan fingerprint density at radius 3 is 2.83 bits per heavy atom. The molecule has 0 aliphatic heterocycles. The Morgan fingerprint density at radius 1 is 1.44 bits per heavy atom. The lowest BCUT2D eigenvalue weighted by molar-refractivity contribution is -0.116. The molecule has 4 heteroatoms. The first-order valence-corrected chi connectivity index (χ1v) is 6.58. The Kier molecular flexibility index (Phi) is 4.56. The van der Waals surface area contributed by atoms with Gasteiger partial charge in [-0.25, -0.2) is 4.98 Å². The van der Waals surface area contributed by atoms with Gasteiger partial charge in [-0.15, -0.1) is 0 Å². The summed E-state index contributed by atoms with van der Waals surface area (Å²) in [5, 5.41) is 2.86. The van der Waals surface area contributed by atoms with E-state index in [1.807, 2.05) is 0 Å². The average molecular weight is 248 g/mol. The summed E-state index contributed by atoms with van der Waals surface area (Å²) in [5.74, 6) is 1.39. The number of ether oxygens (including phenoxy) is 1. The molecular formula is C14H20N2O2. The zero-order valence-electron chi connectivity index (χ0n) is 10.8. The molecule has 1 heterocycles. The Hall–Kier alpha value is -1.58. The van der Waals surface area contributed by atoms with Crippen molar-refractivity contribution in [3.8, 4) is 5.88 Å². The van der Waals surface area contributed by atoms with Gasteiger partial charge in [0.25, 0.3) is 0 Å². The predicted molar refractivity (Wildman–Crippen MR) is 70.6 cm³/mol. The van der Waals surface area contributed by atoms with E-state index >= 15 is 0 Å². The van der Waals surface area contributed by atoms with Crippen LogP contribution in [0.15, 0.2) is 18.3 Å². The summed E-state index contributed by atoms with van der Waals surface area (Å²) in [6.45, 7) is 0. The number of nitrogens with zero attached hydrogens (tertiary/aromatic N) is 1. The quantitative estimate of drug-likeness (QED) is 0.871. The van der Waals surface area contributed by atoms with Crippen molar-refractivity contribution in [1.82, 2.24) is 4.98 Å². The molecule has 1 N–H and O–H groups in total. The van der Waals surface area contributed by atoms with Crippen molar-refractivity contribution in [3.63, 3.8) is 0 Å². The molecule has 0 saturated heterocycles. The number of hydrogen-bond donors (Lipinski definition) is 1. The number of methoxy groups -OCH3 is 1. The molecule has 1 fully saturated rings. The van der Waals surface area contributed by atoms with Crippen LogP contribution in [0, 0.1) is 5.92 Å². The van der Waals surface area contributed by atoms with Gasteiger partial charge in [0, 0.05) is 12.5 Å². The monoisotopic (exact) mass is 248 g/mol. The van der Waals surface area contributed by atoms with Crippen LogP contribution < -0.4 is 10.1 Å². The molecule has 1 amide bonds. The van der Waals surface area contributed by atoms with Crippen LogP contribution in [-0.2, 0) is 4.79 Å². The van der Waals surface area contributed by atoms with E-state index < -0.39 is 0 Å². The van der Waals surface area contributed by atoms with Gasteiger partial charge in [-0.1, -0.05) is 25.7 Å². The van der Waals surface area contributed by atoms with E-state index in [0.29, 0.717) is 12.3 Å². The van der Waals surface area contributed by atoms with E-state index in [-0.39, 0.29) is 5.91 Å². The van der Waals surface area contributed by atoms with Crippen LogP contribution in [0.3, 0.4) is 0 Å². The minimum Gasteiger partial charge on any atom is -0.481 e. The number of pyridine rings is 1. The molecule has 0 aromatic carbocycles. The van der Waals surface area contributed by atoms with Gasteiger partial charge in [-0.05, 0) is 18.4 Å². The molecule has 1 aliphatic rings. The van der Waals surface area contributed by atoms with Crippen molar-refractivity contribution in [2.75, 3.05) is 12.4 Å². The van der Waals surface area contributed by atoms with Gasteiger partial charge in [-0.3, -0.25) is 4.79 Å². The summed E-state index contributed by atoms with van der Waals surface area (Å²) >= 11 is 0. The second-order valence-corrected chi connectivity index (χ2v) is 4.83. The second kappa shape index (κ2) is 6.38. The molecule has 1 aromatic heterocycles. The fraction of sp³-hybridized carbons (Fsp3) is 0.571. The molecule has 1 aromatic rings. The summed E-state index contributed by atoms with van der Waals surface area (Å²) in [5.41, 5.74) is 0.729. The first-order valence-electron chi connectivity index (χ1n) is 6.58. The maximum absolute atomic E-state index is 11.8. The number of carbonyl (C=O) groups excluding carboxylic acids is 1. The molecule has 1 saturated carbocycles. The molecule has 0 spiro atoms. The molecule has 18 heavy (non-hydrogen) atoms. The predicted octanol–water partition coefficient (Wildman–Crippen LogP) is 3.00. The Labute approximate surface area is 108 Å². The topological polar surface area (TPSA) is 51.2 Å². The highest BCUT2D eigenvalue weighted by atomic mass is 16.5. The molecule has 1 aliphatic carbocycles. The van der Waals surface area contributed by atoms with Crippen LogP contribution in [0.5, 0.6) is 5.88 Å². The lowest BCUT2D eigenvalue weighted by Gasteiger charge is -2.09. The van der Waals surface area contributed by atoms with Gasteiger partial charge in [0.15, 0.2) is 0 Å². The summed E-state index contributed by atoms with van der Waals surface area (Å²) in [6.07, 6.45) is 8.47. The molecular weight excluding hydrogens is 228 g/mol. The van der Waals surface area contributed by atoms with Gasteiger partial charge in [0.05, 0.1) is 19.0 Å². The highest BCUT2D eigenvalue weighted by molar-refractivity contribution is 5.90. The zero-order valence-corrected chi connectivity index (χ0v) is 10.8. The third-order valence-electron chi connectivity index (χ3n) is 3.48. The van der Waals surface area contributed by atoms with Crippen LogP contribution >= 0.6 is 0 Å². The van der Waals surface area contributed by atoms with Gasteiger partial charge < -0.3 is 10.1 Å². The molecule has 0 atom stereocenters. The first-order chi connectivity index (χ1) is 8.78. The van der Waals surface area contributed by atoms with Crippen LogP contribution in [0.4, 0.5) is 5.69 Å². The lowest BCUT2D eigenvalue weighted by atomic mass is 10.0. The molecule has 0 bridgehead atoms. The summed E-state index contributed by atoms with van der Waals surface area (Å²) in [7, 11) is 1.57. The second-order valence-electron chi connectivity index (χ2n) is 4.83. The third kappa shape index (κ3) is 3.72. The molecule has 0 radical (unpaired) electrons. The van der Waals surface area contributed by atoms with Crippen LogP contribution in [0.2, 0.25) is 0 Å². The number of hydrogen-bond acceptors (Lipinski definition) is 3. The van der Waals surface area contributed by atoms with Crippen molar-refractivity contribution in [1.29, 1.82) is 0 Å². The largest absolute Gasteiger partial charge is 0.481 e. The van der Waals surface area contributed by atoms with Gasteiger partial charge >= 0.3 is 0 Å². The molecule has 2 rings (SSSR count). The Bertz CT molecular complexity index is 383. The average Bonchev–Trinajstić information content (AvgIpc) is 2.90. The Balaban J connectivity index is 1.75. The Morgan fingerprint density at radius 2 is 2.22 bits per heavy atom. The highest BCUT2D eigenvalue weighted by Gasteiger charge is 2.16. The van der Waals surface area contributed by atoms with Crippen molar-refractivity contribution in [2.45, 2.75) is 38.5 Å². The smallest absolute Gasteiger partial charge is 0.224 e. The SMILES string of the molecule is COc1ccc(NC(=O)CCC2CCCC2)cn1. The van der Waals surface area contributed by atoms with E-state index in [0.717, 1.165) is 18.0 Å². The van der Waals surface area contributed by atoms with Crippen molar-refractivity contribution < 1.29 is 9.53 Å². The molecule has 0 unspecified atom stereocenters. The van der Waals surface area contributed by atoms with Crippen molar-refractivity contribution >= 4 is 11.6 Å². The number of amides is 1. The maximum Gasteiger partial charge on any atom is 0.224 e.